The summed E-state index contributed by atoms with van der Waals surface area (Å²) < 4.78 is 40.7. The largest absolute Gasteiger partial charge is 0.350 e. The second-order valence-corrected chi connectivity index (χ2v) is 9.14. The highest BCUT2D eigenvalue weighted by atomic mass is 32.2. The van der Waals surface area contributed by atoms with Crippen LogP contribution in [0.1, 0.15) is 36.1 Å². The van der Waals surface area contributed by atoms with Gasteiger partial charge in [0.15, 0.2) is 0 Å². The van der Waals surface area contributed by atoms with Crippen molar-refractivity contribution in [3.8, 4) is 0 Å². The Balaban J connectivity index is 1.54. The average molecular weight is 441 g/mol. The molecule has 1 amide bonds. The van der Waals surface area contributed by atoms with E-state index in [0.717, 1.165) is 16.7 Å². The number of amides is 1. The number of hydrogen-bond donors (Lipinski definition) is 2. The van der Waals surface area contributed by atoms with Gasteiger partial charge in [-0.2, -0.15) is 0 Å². The van der Waals surface area contributed by atoms with Crippen LogP contribution >= 0.6 is 0 Å². The molecular formula is C24H25FN2O3S. The number of carbonyl (C=O) groups is 1. The predicted molar refractivity (Wildman–Crippen MR) is 120 cm³/mol. The van der Waals surface area contributed by atoms with Gasteiger partial charge in [-0.3, -0.25) is 9.52 Å². The summed E-state index contributed by atoms with van der Waals surface area (Å²) in [5.74, 6) is -0.448. The summed E-state index contributed by atoms with van der Waals surface area (Å²) in [6.45, 7) is 3.77. The zero-order chi connectivity index (χ0) is 22.4. The fourth-order valence-corrected chi connectivity index (χ4v) is 4.14. The predicted octanol–water partition coefficient (Wildman–Crippen LogP) is 4.74. The lowest BCUT2D eigenvalue weighted by molar-refractivity contribution is -0.121. The third-order valence-electron chi connectivity index (χ3n) is 4.93. The molecular weight excluding hydrogens is 415 g/mol. The van der Waals surface area contributed by atoms with Crippen LogP contribution in [0.3, 0.4) is 0 Å². The summed E-state index contributed by atoms with van der Waals surface area (Å²) in [6.07, 6.45) is 0.743. The topological polar surface area (TPSA) is 75.3 Å². The molecule has 0 bridgehead atoms. The molecule has 0 fully saturated rings. The molecule has 2 N–H and O–H groups in total. The van der Waals surface area contributed by atoms with E-state index in [1.54, 1.807) is 36.4 Å². The van der Waals surface area contributed by atoms with Crippen LogP contribution in [0.4, 0.5) is 10.1 Å². The van der Waals surface area contributed by atoms with Crippen LogP contribution in [0, 0.1) is 12.7 Å². The normalized spacial score (nSPS) is 12.2. The average Bonchev–Trinajstić information content (AvgIpc) is 2.74. The van der Waals surface area contributed by atoms with Crippen LogP contribution in [0.5, 0.6) is 0 Å². The van der Waals surface area contributed by atoms with Gasteiger partial charge in [0.2, 0.25) is 5.91 Å². The quantitative estimate of drug-likeness (QED) is 0.531. The maximum atomic E-state index is 13.0. The Labute approximate surface area is 182 Å². The molecule has 1 atom stereocenters. The van der Waals surface area contributed by atoms with E-state index in [2.05, 4.69) is 10.0 Å². The molecule has 31 heavy (non-hydrogen) atoms. The highest BCUT2D eigenvalue weighted by Crippen LogP contribution is 2.18. The molecule has 3 aromatic rings. The Hall–Kier alpha value is -3.19. The summed E-state index contributed by atoms with van der Waals surface area (Å²) in [7, 11) is -3.68. The molecule has 0 aliphatic rings. The Morgan fingerprint density at radius 2 is 1.55 bits per heavy atom. The van der Waals surface area contributed by atoms with E-state index in [9.17, 15) is 17.6 Å². The van der Waals surface area contributed by atoms with E-state index in [-0.39, 0.29) is 29.1 Å². The second-order valence-electron chi connectivity index (χ2n) is 7.46. The Morgan fingerprint density at radius 3 is 2.16 bits per heavy atom. The first-order valence-electron chi connectivity index (χ1n) is 9.96. The number of aryl methyl sites for hydroxylation is 2. The highest BCUT2D eigenvalue weighted by Gasteiger charge is 2.14. The number of hydrogen-bond acceptors (Lipinski definition) is 3. The third-order valence-corrected chi connectivity index (χ3v) is 6.32. The third kappa shape index (κ3) is 6.39. The van der Waals surface area contributed by atoms with Crippen molar-refractivity contribution in [3.63, 3.8) is 0 Å². The molecule has 0 saturated heterocycles. The maximum absolute atomic E-state index is 13.0. The molecule has 3 aromatic carbocycles. The van der Waals surface area contributed by atoms with Crippen molar-refractivity contribution in [2.45, 2.75) is 37.6 Å². The number of halogens is 1. The van der Waals surface area contributed by atoms with Gasteiger partial charge >= 0.3 is 0 Å². The van der Waals surface area contributed by atoms with Gasteiger partial charge < -0.3 is 5.32 Å². The van der Waals surface area contributed by atoms with Gasteiger partial charge in [0, 0.05) is 12.1 Å². The molecule has 7 heteroatoms. The van der Waals surface area contributed by atoms with Crippen molar-refractivity contribution in [3.05, 3.63) is 95.3 Å². The van der Waals surface area contributed by atoms with Crippen molar-refractivity contribution < 1.29 is 17.6 Å². The SMILES string of the molecule is Cc1ccc(NS(=O)(=O)c2ccc(CCC(=O)N[C@H](C)c3ccc(F)cc3)cc2)cc1. The van der Waals surface area contributed by atoms with E-state index in [1.807, 2.05) is 26.0 Å². The fourth-order valence-electron chi connectivity index (χ4n) is 3.08. The molecule has 0 aromatic heterocycles. The first kappa shape index (κ1) is 22.5. The Morgan fingerprint density at radius 1 is 0.935 bits per heavy atom. The number of carbonyl (C=O) groups excluding carboxylic acids is 1. The van der Waals surface area contributed by atoms with Crippen LogP contribution in [-0.2, 0) is 21.2 Å². The lowest BCUT2D eigenvalue weighted by Gasteiger charge is -2.14. The summed E-state index contributed by atoms with van der Waals surface area (Å²) in [6, 6.07) is 19.4. The van der Waals surface area contributed by atoms with Crippen molar-refractivity contribution in [1.82, 2.24) is 5.32 Å². The lowest BCUT2D eigenvalue weighted by Crippen LogP contribution is -2.26. The van der Waals surface area contributed by atoms with Crippen LogP contribution in [0.15, 0.2) is 77.7 Å². The first-order valence-corrected chi connectivity index (χ1v) is 11.4. The molecule has 0 heterocycles. The minimum Gasteiger partial charge on any atom is -0.350 e. The first-order chi connectivity index (χ1) is 14.7. The number of benzene rings is 3. The molecule has 0 unspecified atom stereocenters. The van der Waals surface area contributed by atoms with Crippen LogP contribution in [0.25, 0.3) is 0 Å². The molecule has 162 valence electrons. The molecule has 0 radical (unpaired) electrons. The minimum atomic E-state index is -3.68. The zero-order valence-electron chi connectivity index (χ0n) is 17.4. The van der Waals surface area contributed by atoms with Crippen molar-refractivity contribution >= 4 is 21.6 Å². The monoisotopic (exact) mass is 440 g/mol. The van der Waals surface area contributed by atoms with E-state index in [1.165, 1.54) is 24.3 Å². The maximum Gasteiger partial charge on any atom is 0.261 e. The molecule has 0 aliphatic heterocycles. The van der Waals surface area contributed by atoms with E-state index in [4.69, 9.17) is 0 Å². The summed E-state index contributed by atoms with van der Waals surface area (Å²) >= 11 is 0. The van der Waals surface area contributed by atoms with E-state index in [0.29, 0.717) is 12.1 Å². The van der Waals surface area contributed by atoms with Gasteiger partial charge in [-0.25, -0.2) is 12.8 Å². The van der Waals surface area contributed by atoms with Crippen molar-refractivity contribution in [1.29, 1.82) is 0 Å². The summed E-state index contributed by atoms with van der Waals surface area (Å²) in [5, 5.41) is 2.89. The second kappa shape index (κ2) is 9.75. The van der Waals surface area contributed by atoms with Gasteiger partial charge in [-0.15, -0.1) is 0 Å². The zero-order valence-corrected chi connectivity index (χ0v) is 18.2. The van der Waals surface area contributed by atoms with Crippen LogP contribution < -0.4 is 10.0 Å². The van der Waals surface area contributed by atoms with Gasteiger partial charge in [0.1, 0.15) is 5.82 Å². The van der Waals surface area contributed by atoms with Crippen LogP contribution in [-0.4, -0.2) is 14.3 Å². The van der Waals surface area contributed by atoms with E-state index >= 15 is 0 Å². The smallest absolute Gasteiger partial charge is 0.261 e. The molecule has 0 aliphatic carbocycles. The number of sulfonamides is 1. The van der Waals surface area contributed by atoms with Gasteiger partial charge in [-0.1, -0.05) is 42.0 Å². The molecule has 0 spiro atoms. The van der Waals surface area contributed by atoms with Crippen LogP contribution in [0.2, 0.25) is 0 Å². The van der Waals surface area contributed by atoms with Crippen molar-refractivity contribution in [2.75, 3.05) is 4.72 Å². The number of rotatable bonds is 8. The standard InChI is InChI=1S/C24H25FN2O3S/c1-17-3-12-22(13-4-17)27-31(29,30)23-14-5-19(6-15-23)7-16-24(28)26-18(2)20-8-10-21(25)11-9-20/h3-6,8-15,18,27H,7,16H2,1-2H3,(H,26,28)/t18-/m1/s1. The number of nitrogens with one attached hydrogen (secondary N) is 2. The van der Waals surface area contributed by atoms with Crippen molar-refractivity contribution in [2.24, 2.45) is 0 Å². The lowest BCUT2D eigenvalue weighted by atomic mass is 10.1. The van der Waals surface area contributed by atoms with Gasteiger partial charge in [-0.05, 0) is 67.8 Å². The molecule has 3 rings (SSSR count). The Bertz CT molecular complexity index is 1130. The fraction of sp³-hybridized carbons (Fsp3) is 0.208. The van der Waals surface area contributed by atoms with E-state index < -0.39 is 10.0 Å². The summed E-state index contributed by atoms with van der Waals surface area (Å²) in [5.41, 5.74) is 3.23. The van der Waals surface area contributed by atoms with Gasteiger partial charge in [0.05, 0.1) is 10.9 Å². The summed E-state index contributed by atoms with van der Waals surface area (Å²) in [4.78, 5) is 12.4. The van der Waals surface area contributed by atoms with Gasteiger partial charge in [0.25, 0.3) is 10.0 Å². The number of anilines is 1. The molecule has 0 saturated carbocycles. The molecule has 5 nitrogen and oxygen atoms in total. The Kier molecular flexibility index (Phi) is 7.07. The minimum absolute atomic E-state index is 0.130. The highest BCUT2D eigenvalue weighted by molar-refractivity contribution is 7.92.